The number of benzene rings is 1. The first-order valence-electron chi connectivity index (χ1n) is 8.25. The Morgan fingerprint density at radius 2 is 1.50 bits per heavy atom. The van der Waals surface area contributed by atoms with Gasteiger partial charge in [0.1, 0.15) is 11.2 Å². The van der Waals surface area contributed by atoms with E-state index in [4.69, 9.17) is 9.47 Å². The number of hydrogen-bond acceptors (Lipinski definition) is 5. The van der Waals surface area contributed by atoms with Gasteiger partial charge in [0.15, 0.2) is 6.20 Å². The van der Waals surface area contributed by atoms with Gasteiger partial charge >= 0.3 is 12.2 Å². The summed E-state index contributed by atoms with van der Waals surface area (Å²) in [5.41, 5.74) is -0.893. The molecule has 0 bridgehead atoms. The number of pyridine rings is 1. The Morgan fingerprint density at radius 3 is 2.00 bits per heavy atom. The average molecular weight is 360 g/mol. The van der Waals surface area contributed by atoms with E-state index in [1.54, 1.807) is 65.8 Å². The van der Waals surface area contributed by atoms with Crippen LogP contribution in [-0.2, 0) is 9.47 Å². The zero-order chi connectivity index (χ0) is 19.7. The Balaban J connectivity index is 2.49. The fourth-order valence-electron chi connectivity index (χ4n) is 2.22. The molecule has 0 N–H and O–H groups in total. The molecule has 0 aliphatic heterocycles. The minimum Gasteiger partial charge on any atom is -0.618 e. The summed E-state index contributed by atoms with van der Waals surface area (Å²) in [6, 6.07) is 7.92. The Kier molecular flexibility index (Phi) is 5.11. The normalized spacial score (nSPS) is 11.9. The molecule has 0 saturated carbocycles. The lowest BCUT2D eigenvalue weighted by Gasteiger charge is -2.28. The molecule has 0 saturated heterocycles. The summed E-state index contributed by atoms with van der Waals surface area (Å²) < 4.78 is 11.4. The van der Waals surface area contributed by atoms with Crippen LogP contribution in [0, 0.1) is 5.21 Å². The number of anilines is 1. The minimum atomic E-state index is -0.850. The zero-order valence-corrected chi connectivity index (χ0v) is 15.9. The van der Waals surface area contributed by atoms with E-state index in [1.807, 2.05) is 0 Å². The summed E-state index contributed by atoms with van der Waals surface area (Å²) >= 11 is 0. The zero-order valence-electron chi connectivity index (χ0n) is 15.9. The SMILES string of the molecule is CC(C)(C)OC(=O)N(C(=O)OC(C)(C)C)c1ccc2c(ccc[n+]2[O-])c1. The molecule has 7 nitrogen and oxygen atoms in total. The maximum atomic E-state index is 12.6. The molecule has 0 spiro atoms. The van der Waals surface area contributed by atoms with Crippen molar-refractivity contribution in [2.24, 2.45) is 0 Å². The second-order valence-corrected chi connectivity index (χ2v) is 7.87. The number of nitrogens with zero attached hydrogens (tertiary/aromatic N) is 2. The van der Waals surface area contributed by atoms with Crippen molar-refractivity contribution in [1.29, 1.82) is 0 Å². The molecular formula is C19H24N2O5. The van der Waals surface area contributed by atoms with Gasteiger partial charge in [0.25, 0.3) is 0 Å². The fraction of sp³-hybridized carbons (Fsp3) is 0.421. The molecular weight excluding hydrogens is 336 g/mol. The Morgan fingerprint density at radius 1 is 0.962 bits per heavy atom. The van der Waals surface area contributed by atoms with Crippen LogP contribution in [0.25, 0.3) is 10.9 Å². The van der Waals surface area contributed by atoms with Gasteiger partial charge in [0, 0.05) is 17.5 Å². The van der Waals surface area contributed by atoms with E-state index in [2.05, 4.69) is 0 Å². The molecule has 0 atom stereocenters. The average Bonchev–Trinajstić information content (AvgIpc) is 2.43. The van der Waals surface area contributed by atoms with Crippen LogP contribution in [0.5, 0.6) is 0 Å². The summed E-state index contributed by atoms with van der Waals surface area (Å²) in [5, 5.41) is 12.4. The fourth-order valence-corrected chi connectivity index (χ4v) is 2.22. The number of hydrogen-bond donors (Lipinski definition) is 0. The molecule has 1 aromatic heterocycles. The van der Waals surface area contributed by atoms with E-state index in [9.17, 15) is 14.8 Å². The highest BCUT2D eigenvalue weighted by Gasteiger charge is 2.32. The second kappa shape index (κ2) is 6.82. The highest BCUT2D eigenvalue weighted by atomic mass is 16.6. The maximum absolute atomic E-state index is 12.6. The van der Waals surface area contributed by atoms with Gasteiger partial charge in [-0.3, -0.25) is 0 Å². The van der Waals surface area contributed by atoms with Crippen LogP contribution in [-0.4, -0.2) is 23.4 Å². The monoisotopic (exact) mass is 360 g/mol. The number of carbonyl (C=O) groups is 2. The van der Waals surface area contributed by atoms with E-state index in [1.165, 1.54) is 12.3 Å². The second-order valence-electron chi connectivity index (χ2n) is 7.87. The summed E-state index contributed by atoms with van der Waals surface area (Å²) in [7, 11) is 0. The standard InChI is InChI=1S/C19H24N2O5/c1-18(2,3)25-16(22)21(17(23)26-19(4,5)6)14-9-10-15-13(12-14)8-7-11-20(15)24/h7-12H,1-6H3. The van der Waals surface area contributed by atoms with Gasteiger partial charge < -0.3 is 14.7 Å². The van der Waals surface area contributed by atoms with Gasteiger partial charge in [-0.15, -0.1) is 0 Å². The first-order valence-corrected chi connectivity index (χ1v) is 8.25. The van der Waals surface area contributed by atoms with Gasteiger partial charge in [-0.05, 0) is 59.7 Å². The van der Waals surface area contributed by atoms with Crippen molar-refractivity contribution in [3.8, 4) is 0 Å². The molecule has 2 amide bonds. The van der Waals surface area contributed by atoms with Gasteiger partial charge in [0.05, 0.1) is 5.69 Å². The van der Waals surface area contributed by atoms with Crippen molar-refractivity contribution < 1.29 is 23.8 Å². The van der Waals surface area contributed by atoms with Crippen LogP contribution in [0.2, 0.25) is 0 Å². The molecule has 0 unspecified atom stereocenters. The quantitative estimate of drug-likeness (QED) is 0.563. The Labute approximate surface area is 152 Å². The lowest BCUT2D eigenvalue weighted by Crippen LogP contribution is -2.43. The first-order chi connectivity index (χ1) is 11.9. The Bertz CT molecular complexity index is 806. The molecule has 140 valence electrons. The van der Waals surface area contributed by atoms with Crippen molar-refractivity contribution in [3.05, 3.63) is 41.7 Å². The number of fused-ring (bicyclic) bond motifs is 1. The molecule has 2 rings (SSSR count). The summed E-state index contributed by atoms with van der Waals surface area (Å²) in [6.07, 6.45) is -0.323. The number of ether oxygens (including phenoxy) is 2. The summed E-state index contributed by atoms with van der Waals surface area (Å²) in [6.45, 7) is 10.2. The van der Waals surface area contributed by atoms with Crippen LogP contribution in [0.3, 0.4) is 0 Å². The van der Waals surface area contributed by atoms with E-state index in [0.717, 1.165) is 4.90 Å². The summed E-state index contributed by atoms with van der Waals surface area (Å²) in [4.78, 5) is 26.1. The van der Waals surface area contributed by atoms with Gasteiger partial charge in [-0.2, -0.15) is 9.63 Å². The predicted octanol–water partition coefficient (Wildman–Crippen LogP) is 4.15. The van der Waals surface area contributed by atoms with E-state index >= 15 is 0 Å². The smallest absolute Gasteiger partial charge is 0.424 e. The van der Waals surface area contributed by atoms with Crippen LogP contribution >= 0.6 is 0 Å². The molecule has 0 fully saturated rings. The van der Waals surface area contributed by atoms with Crippen molar-refractivity contribution in [2.45, 2.75) is 52.7 Å². The Hall–Kier alpha value is -2.83. The third-order valence-corrected chi connectivity index (χ3v) is 3.16. The van der Waals surface area contributed by atoms with Crippen molar-refractivity contribution in [3.63, 3.8) is 0 Å². The minimum absolute atomic E-state index is 0.257. The van der Waals surface area contributed by atoms with Crippen molar-refractivity contribution in [1.82, 2.24) is 0 Å². The van der Waals surface area contributed by atoms with E-state index in [-0.39, 0.29) is 5.69 Å². The number of rotatable bonds is 1. The first kappa shape index (κ1) is 19.5. The molecule has 2 aromatic rings. The highest BCUT2D eigenvalue weighted by molar-refractivity contribution is 6.10. The molecule has 26 heavy (non-hydrogen) atoms. The van der Waals surface area contributed by atoms with Crippen LogP contribution in [0.4, 0.5) is 15.3 Å². The number of aromatic nitrogens is 1. The van der Waals surface area contributed by atoms with E-state index < -0.39 is 23.4 Å². The molecule has 0 radical (unpaired) electrons. The van der Waals surface area contributed by atoms with Crippen molar-refractivity contribution >= 4 is 28.8 Å². The number of carbonyl (C=O) groups excluding carboxylic acids is 2. The van der Waals surface area contributed by atoms with Gasteiger partial charge in [0.2, 0.25) is 5.52 Å². The topological polar surface area (TPSA) is 82.8 Å². The highest BCUT2D eigenvalue weighted by Crippen LogP contribution is 2.24. The third kappa shape index (κ3) is 4.84. The van der Waals surface area contributed by atoms with Gasteiger partial charge in [-0.1, -0.05) is 0 Å². The van der Waals surface area contributed by atoms with Gasteiger partial charge in [-0.25, -0.2) is 9.59 Å². The molecule has 0 aliphatic rings. The molecule has 0 aliphatic carbocycles. The van der Waals surface area contributed by atoms with Crippen LogP contribution in [0.1, 0.15) is 41.5 Å². The predicted molar refractivity (Wildman–Crippen MR) is 97.9 cm³/mol. The summed E-state index contributed by atoms with van der Waals surface area (Å²) in [5.74, 6) is 0. The number of imide groups is 1. The number of amides is 2. The largest absolute Gasteiger partial charge is 0.618 e. The molecule has 7 heteroatoms. The van der Waals surface area contributed by atoms with Crippen molar-refractivity contribution in [2.75, 3.05) is 4.90 Å². The van der Waals surface area contributed by atoms with E-state index in [0.29, 0.717) is 15.6 Å². The van der Waals surface area contributed by atoms with Crippen LogP contribution in [0.15, 0.2) is 36.5 Å². The molecule has 1 aromatic carbocycles. The molecule has 1 heterocycles. The third-order valence-electron chi connectivity index (χ3n) is 3.16. The lowest BCUT2D eigenvalue weighted by molar-refractivity contribution is -0.577. The lowest BCUT2D eigenvalue weighted by atomic mass is 10.2. The maximum Gasteiger partial charge on any atom is 0.424 e. The van der Waals surface area contributed by atoms with Crippen LogP contribution < -0.4 is 9.63 Å².